The highest BCUT2D eigenvalue weighted by Crippen LogP contribution is 2.21. The van der Waals surface area contributed by atoms with E-state index in [1.807, 2.05) is 0 Å². The molecule has 2 aliphatic heterocycles. The molecule has 0 radical (unpaired) electrons. The summed E-state index contributed by atoms with van der Waals surface area (Å²) in [6.07, 6.45) is 3.74. The maximum Gasteiger partial charge on any atom is 0.329 e. The largest absolute Gasteiger partial charge is 0.480 e. The van der Waals surface area contributed by atoms with Crippen LogP contribution in [0.1, 0.15) is 32.1 Å². The van der Waals surface area contributed by atoms with E-state index in [1.165, 1.54) is 4.90 Å². The van der Waals surface area contributed by atoms with Crippen molar-refractivity contribution in [3.63, 3.8) is 0 Å². The molecule has 0 spiro atoms. The van der Waals surface area contributed by atoms with Crippen LogP contribution in [0.5, 0.6) is 0 Å². The van der Waals surface area contributed by atoms with Crippen LogP contribution in [0.2, 0.25) is 0 Å². The molecule has 2 amide bonds. The molecule has 0 aromatic heterocycles. The van der Waals surface area contributed by atoms with Crippen LogP contribution in [0.15, 0.2) is 0 Å². The summed E-state index contributed by atoms with van der Waals surface area (Å²) in [7, 11) is 1.67. The second-order valence-corrected chi connectivity index (χ2v) is 5.80. The fourth-order valence-electron chi connectivity index (χ4n) is 2.75. The first kappa shape index (κ1) is 16.0. The Balaban J connectivity index is 1.90. The Morgan fingerprint density at radius 3 is 2.57 bits per heavy atom. The lowest BCUT2D eigenvalue weighted by Crippen LogP contribution is -2.60. The van der Waals surface area contributed by atoms with E-state index in [0.717, 1.165) is 25.9 Å². The minimum absolute atomic E-state index is 0.0463. The number of carboxylic acid groups (broad SMARTS) is 1. The van der Waals surface area contributed by atoms with Gasteiger partial charge in [0.2, 0.25) is 0 Å². The van der Waals surface area contributed by atoms with E-state index < -0.39 is 11.5 Å². The minimum atomic E-state index is -1.21. The van der Waals surface area contributed by atoms with Crippen molar-refractivity contribution in [2.24, 2.45) is 0 Å². The summed E-state index contributed by atoms with van der Waals surface area (Å²) in [6, 6.07) is -0.367. The predicted octanol–water partition coefficient (Wildman–Crippen LogP) is 0.831. The highest BCUT2D eigenvalue weighted by molar-refractivity contribution is 5.86. The number of carbonyl (C=O) groups excluding carboxylic acids is 1. The Morgan fingerprint density at radius 2 is 2.00 bits per heavy atom. The number of urea groups is 1. The number of aliphatic carboxylic acids is 1. The number of hydrogen-bond donors (Lipinski definition) is 2. The van der Waals surface area contributed by atoms with Crippen molar-refractivity contribution in [2.45, 2.75) is 43.7 Å². The molecule has 0 saturated carbocycles. The summed E-state index contributed by atoms with van der Waals surface area (Å²) in [6.45, 7) is 1.92. The van der Waals surface area contributed by atoms with E-state index in [4.69, 9.17) is 9.47 Å². The normalized spacial score (nSPS) is 25.1. The Labute approximate surface area is 124 Å². The third kappa shape index (κ3) is 4.07. The van der Waals surface area contributed by atoms with Gasteiger partial charge in [-0.3, -0.25) is 0 Å². The van der Waals surface area contributed by atoms with Gasteiger partial charge < -0.3 is 24.8 Å². The summed E-state index contributed by atoms with van der Waals surface area (Å²) < 4.78 is 10.8. The van der Waals surface area contributed by atoms with Crippen molar-refractivity contribution in [3.8, 4) is 0 Å². The average Bonchev–Trinajstić information content (AvgIpc) is 2.49. The molecule has 0 bridgehead atoms. The number of amides is 2. The lowest BCUT2D eigenvalue weighted by Gasteiger charge is -2.36. The van der Waals surface area contributed by atoms with Gasteiger partial charge in [-0.2, -0.15) is 0 Å². The van der Waals surface area contributed by atoms with Crippen LogP contribution in [0.25, 0.3) is 0 Å². The van der Waals surface area contributed by atoms with Crippen LogP contribution in [0, 0.1) is 0 Å². The zero-order valence-corrected chi connectivity index (χ0v) is 12.5. The topological polar surface area (TPSA) is 88.1 Å². The van der Waals surface area contributed by atoms with Gasteiger partial charge >= 0.3 is 12.0 Å². The third-order valence-electron chi connectivity index (χ3n) is 4.20. The van der Waals surface area contributed by atoms with Crippen LogP contribution in [0.3, 0.4) is 0 Å². The first-order valence-corrected chi connectivity index (χ1v) is 7.49. The van der Waals surface area contributed by atoms with Crippen molar-refractivity contribution >= 4 is 12.0 Å². The molecule has 2 saturated heterocycles. The second-order valence-electron chi connectivity index (χ2n) is 5.80. The predicted molar refractivity (Wildman–Crippen MR) is 75.2 cm³/mol. The molecule has 21 heavy (non-hydrogen) atoms. The van der Waals surface area contributed by atoms with Crippen LogP contribution in [-0.4, -0.2) is 67.1 Å². The molecule has 0 aromatic carbocycles. The molecule has 2 heterocycles. The number of carbonyl (C=O) groups is 2. The minimum Gasteiger partial charge on any atom is -0.480 e. The zero-order valence-electron chi connectivity index (χ0n) is 12.5. The van der Waals surface area contributed by atoms with E-state index >= 15 is 0 Å². The van der Waals surface area contributed by atoms with Crippen LogP contribution in [-0.2, 0) is 14.3 Å². The standard InChI is InChI=1S/C14H24N2O5/c1-16(10-11-4-2-3-7-21-11)13(19)15-14(12(17)18)5-8-20-9-6-14/h11H,2-10H2,1H3,(H,15,19)(H,17,18). The van der Waals surface area contributed by atoms with E-state index in [-0.39, 0.29) is 12.1 Å². The van der Waals surface area contributed by atoms with E-state index in [2.05, 4.69) is 5.32 Å². The highest BCUT2D eigenvalue weighted by atomic mass is 16.5. The van der Waals surface area contributed by atoms with Gasteiger partial charge in [0.1, 0.15) is 5.54 Å². The van der Waals surface area contributed by atoms with Crippen LogP contribution >= 0.6 is 0 Å². The average molecular weight is 300 g/mol. The molecular weight excluding hydrogens is 276 g/mol. The number of nitrogens with zero attached hydrogens (tertiary/aromatic N) is 1. The van der Waals surface area contributed by atoms with Gasteiger partial charge in [0.25, 0.3) is 0 Å². The number of ether oxygens (including phenoxy) is 2. The van der Waals surface area contributed by atoms with Gasteiger partial charge in [0.05, 0.1) is 6.10 Å². The zero-order chi connectivity index (χ0) is 15.3. The van der Waals surface area contributed by atoms with Crippen molar-refractivity contribution < 1.29 is 24.2 Å². The van der Waals surface area contributed by atoms with Gasteiger partial charge in [0.15, 0.2) is 0 Å². The lowest BCUT2D eigenvalue weighted by atomic mass is 9.90. The maximum atomic E-state index is 12.2. The Bertz CT molecular complexity index is 376. The third-order valence-corrected chi connectivity index (χ3v) is 4.20. The molecule has 120 valence electrons. The molecule has 1 atom stereocenters. The molecule has 2 N–H and O–H groups in total. The number of nitrogens with one attached hydrogen (secondary N) is 1. The van der Waals surface area contributed by atoms with Crippen LogP contribution in [0.4, 0.5) is 4.79 Å². The molecule has 7 heteroatoms. The van der Waals surface area contributed by atoms with Crippen LogP contribution < -0.4 is 5.32 Å². The van der Waals surface area contributed by atoms with Crippen molar-refractivity contribution in [1.29, 1.82) is 0 Å². The first-order chi connectivity index (χ1) is 10.0. The molecular formula is C14H24N2O5. The van der Waals surface area contributed by atoms with E-state index in [1.54, 1.807) is 7.05 Å². The SMILES string of the molecule is CN(CC1CCCCO1)C(=O)NC1(C(=O)O)CCOCC1. The molecule has 2 aliphatic rings. The monoisotopic (exact) mass is 300 g/mol. The first-order valence-electron chi connectivity index (χ1n) is 7.49. The quantitative estimate of drug-likeness (QED) is 0.803. The van der Waals surface area contributed by atoms with Crippen molar-refractivity contribution in [1.82, 2.24) is 10.2 Å². The Hall–Kier alpha value is -1.34. The molecule has 7 nitrogen and oxygen atoms in total. The summed E-state index contributed by atoms with van der Waals surface area (Å²) in [5, 5.41) is 12.1. The van der Waals surface area contributed by atoms with E-state index in [0.29, 0.717) is 32.6 Å². The Morgan fingerprint density at radius 1 is 1.29 bits per heavy atom. The van der Waals surface area contributed by atoms with Gasteiger partial charge in [-0.25, -0.2) is 9.59 Å². The van der Waals surface area contributed by atoms with Crippen molar-refractivity contribution in [3.05, 3.63) is 0 Å². The number of hydrogen-bond acceptors (Lipinski definition) is 4. The lowest BCUT2D eigenvalue weighted by molar-refractivity contribution is -0.148. The highest BCUT2D eigenvalue weighted by Gasteiger charge is 2.42. The van der Waals surface area contributed by atoms with E-state index in [9.17, 15) is 14.7 Å². The summed E-state index contributed by atoms with van der Waals surface area (Å²) in [4.78, 5) is 25.3. The molecule has 2 fully saturated rings. The van der Waals surface area contributed by atoms with Crippen molar-refractivity contribution in [2.75, 3.05) is 33.4 Å². The summed E-state index contributed by atoms with van der Waals surface area (Å²) in [5.41, 5.74) is -1.21. The molecule has 0 aliphatic carbocycles. The van der Waals surface area contributed by atoms with Gasteiger partial charge in [0, 0.05) is 46.3 Å². The molecule has 0 aromatic rings. The second kappa shape index (κ2) is 7.09. The van der Waals surface area contributed by atoms with Gasteiger partial charge in [-0.05, 0) is 19.3 Å². The molecule has 1 unspecified atom stereocenters. The number of carboxylic acids is 1. The smallest absolute Gasteiger partial charge is 0.329 e. The summed E-state index contributed by atoms with van der Waals surface area (Å²) >= 11 is 0. The number of likely N-dealkylation sites (N-methyl/N-ethyl adjacent to an activating group) is 1. The maximum absolute atomic E-state index is 12.2. The fraction of sp³-hybridized carbons (Fsp3) is 0.857. The Kier molecular flexibility index (Phi) is 5.41. The molecule has 2 rings (SSSR count). The number of rotatable bonds is 4. The van der Waals surface area contributed by atoms with Gasteiger partial charge in [-0.1, -0.05) is 0 Å². The van der Waals surface area contributed by atoms with Gasteiger partial charge in [-0.15, -0.1) is 0 Å². The fourth-order valence-corrected chi connectivity index (χ4v) is 2.75. The summed E-state index contributed by atoms with van der Waals surface area (Å²) in [5.74, 6) is -0.999.